The number of rotatable bonds is 3. The van der Waals surface area contributed by atoms with E-state index in [1.165, 1.54) is 18.2 Å². The first-order valence-corrected chi connectivity index (χ1v) is 3.69. The number of aryl methyl sites for hydroxylation is 1. The average Bonchev–Trinajstić information content (AvgIpc) is 2.03. The Labute approximate surface area is 70.0 Å². The van der Waals surface area contributed by atoms with Crippen LogP contribution in [0.4, 0.5) is 8.78 Å². The van der Waals surface area contributed by atoms with Crippen LogP contribution in [0.5, 0.6) is 5.75 Å². The van der Waals surface area contributed by atoms with Crippen molar-refractivity contribution >= 4 is 0 Å². The van der Waals surface area contributed by atoms with E-state index in [-0.39, 0.29) is 12.4 Å². The normalized spacial score (nSPS) is 9.92. The molecule has 0 heterocycles. The zero-order valence-corrected chi connectivity index (χ0v) is 6.81. The fourth-order valence-electron chi connectivity index (χ4n) is 0.923. The van der Waals surface area contributed by atoms with Crippen LogP contribution >= 0.6 is 0 Å². The van der Waals surface area contributed by atoms with Crippen molar-refractivity contribution < 1.29 is 13.5 Å². The highest BCUT2D eigenvalue weighted by atomic mass is 19.1. The van der Waals surface area contributed by atoms with Crippen molar-refractivity contribution in [2.75, 3.05) is 13.3 Å². The maximum absolute atomic E-state index is 12.5. The molecular formula is C9H10F2O. The fraction of sp³-hybridized carbons (Fsp3) is 0.333. The summed E-state index contributed by atoms with van der Waals surface area (Å²) in [4.78, 5) is 0. The molecule has 1 aromatic carbocycles. The van der Waals surface area contributed by atoms with Gasteiger partial charge in [0.2, 0.25) is 0 Å². The molecule has 0 spiro atoms. The predicted molar refractivity (Wildman–Crippen MR) is 42.6 cm³/mol. The quantitative estimate of drug-likeness (QED) is 0.680. The second kappa shape index (κ2) is 4.04. The topological polar surface area (TPSA) is 9.23 Å². The molecule has 0 atom stereocenters. The third-order valence-corrected chi connectivity index (χ3v) is 1.47. The van der Waals surface area contributed by atoms with Gasteiger partial charge in [0.05, 0.1) is 0 Å². The van der Waals surface area contributed by atoms with Crippen LogP contribution in [0, 0.1) is 12.7 Å². The Morgan fingerprint density at radius 1 is 1.42 bits per heavy atom. The van der Waals surface area contributed by atoms with Crippen molar-refractivity contribution in [1.82, 2.24) is 0 Å². The Morgan fingerprint density at radius 2 is 2.17 bits per heavy atom. The van der Waals surface area contributed by atoms with Crippen molar-refractivity contribution in [2.24, 2.45) is 0 Å². The molecule has 0 aliphatic heterocycles. The minimum absolute atomic E-state index is 0.0203. The fourth-order valence-corrected chi connectivity index (χ4v) is 0.923. The van der Waals surface area contributed by atoms with Crippen LogP contribution in [0.15, 0.2) is 18.2 Å². The lowest BCUT2D eigenvalue weighted by Gasteiger charge is -2.06. The Bertz CT molecular complexity index is 261. The van der Waals surface area contributed by atoms with Gasteiger partial charge in [0.15, 0.2) is 0 Å². The number of ether oxygens (including phenoxy) is 1. The van der Waals surface area contributed by atoms with E-state index in [9.17, 15) is 8.78 Å². The van der Waals surface area contributed by atoms with Gasteiger partial charge in [-0.25, -0.2) is 8.78 Å². The van der Waals surface area contributed by atoms with E-state index in [2.05, 4.69) is 0 Å². The molecule has 3 heteroatoms. The molecule has 0 unspecified atom stereocenters. The maximum Gasteiger partial charge on any atom is 0.123 e. The van der Waals surface area contributed by atoms with Crippen molar-refractivity contribution in [3.63, 3.8) is 0 Å². The molecule has 0 fully saturated rings. The molecule has 0 aliphatic rings. The number of alkyl halides is 1. The summed E-state index contributed by atoms with van der Waals surface area (Å²) in [7, 11) is 0. The van der Waals surface area contributed by atoms with Gasteiger partial charge in [-0.05, 0) is 30.7 Å². The average molecular weight is 172 g/mol. The van der Waals surface area contributed by atoms with Gasteiger partial charge in [-0.1, -0.05) is 0 Å². The molecular weight excluding hydrogens is 162 g/mol. The monoisotopic (exact) mass is 172 g/mol. The van der Waals surface area contributed by atoms with E-state index in [0.29, 0.717) is 11.3 Å². The first kappa shape index (κ1) is 8.97. The van der Waals surface area contributed by atoms with E-state index in [4.69, 9.17) is 4.74 Å². The largest absolute Gasteiger partial charge is 0.491 e. The van der Waals surface area contributed by atoms with Gasteiger partial charge in [0.1, 0.15) is 24.8 Å². The van der Waals surface area contributed by atoms with Crippen LogP contribution < -0.4 is 4.74 Å². The Balaban J connectivity index is 2.72. The van der Waals surface area contributed by atoms with Crippen molar-refractivity contribution in [1.29, 1.82) is 0 Å². The van der Waals surface area contributed by atoms with Crippen LogP contribution in [0.1, 0.15) is 5.56 Å². The summed E-state index contributed by atoms with van der Waals surface area (Å²) in [5, 5.41) is 0. The molecule has 0 amide bonds. The van der Waals surface area contributed by atoms with E-state index >= 15 is 0 Å². The molecule has 0 saturated carbocycles. The lowest BCUT2D eigenvalue weighted by molar-refractivity contribution is 0.271. The molecule has 0 aliphatic carbocycles. The molecule has 0 aromatic heterocycles. The van der Waals surface area contributed by atoms with E-state index < -0.39 is 6.67 Å². The molecule has 1 aromatic rings. The second-order valence-electron chi connectivity index (χ2n) is 2.45. The number of halogens is 2. The Morgan fingerprint density at radius 3 is 2.75 bits per heavy atom. The summed E-state index contributed by atoms with van der Waals surface area (Å²) in [5.74, 6) is 0.231. The third kappa shape index (κ3) is 2.19. The summed E-state index contributed by atoms with van der Waals surface area (Å²) in [5.41, 5.74) is 0.684. The van der Waals surface area contributed by atoms with Crippen LogP contribution in [0.25, 0.3) is 0 Å². The summed E-state index contributed by atoms with van der Waals surface area (Å²) in [6.07, 6.45) is 0. The van der Waals surface area contributed by atoms with Crippen LogP contribution in [0.3, 0.4) is 0 Å². The number of hydrogen-bond acceptors (Lipinski definition) is 1. The van der Waals surface area contributed by atoms with Gasteiger partial charge in [-0.2, -0.15) is 0 Å². The molecule has 0 N–H and O–H groups in total. The van der Waals surface area contributed by atoms with Crippen molar-refractivity contribution in [3.05, 3.63) is 29.6 Å². The number of benzene rings is 1. The highest BCUT2D eigenvalue weighted by molar-refractivity contribution is 5.32. The maximum atomic E-state index is 12.5. The zero-order chi connectivity index (χ0) is 8.97. The highest BCUT2D eigenvalue weighted by Crippen LogP contribution is 2.17. The lowest BCUT2D eigenvalue weighted by atomic mass is 10.2. The van der Waals surface area contributed by atoms with Gasteiger partial charge in [0, 0.05) is 0 Å². The van der Waals surface area contributed by atoms with Gasteiger partial charge < -0.3 is 4.74 Å². The van der Waals surface area contributed by atoms with Crippen molar-refractivity contribution in [3.8, 4) is 5.75 Å². The SMILES string of the molecule is Cc1cc(F)ccc1OCCF. The molecule has 66 valence electrons. The minimum atomic E-state index is -0.531. The zero-order valence-electron chi connectivity index (χ0n) is 6.81. The second-order valence-corrected chi connectivity index (χ2v) is 2.45. The van der Waals surface area contributed by atoms with Gasteiger partial charge >= 0.3 is 0 Å². The standard InChI is InChI=1S/C9H10F2O/c1-7-6-8(11)2-3-9(7)12-5-4-10/h2-3,6H,4-5H2,1H3. The van der Waals surface area contributed by atoms with Gasteiger partial charge in [0.25, 0.3) is 0 Å². The molecule has 0 radical (unpaired) electrons. The molecule has 1 nitrogen and oxygen atoms in total. The van der Waals surface area contributed by atoms with E-state index in [1.807, 2.05) is 0 Å². The van der Waals surface area contributed by atoms with Gasteiger partial charge in [-0.3, -0.25) is 0 Å². The summed E-state index contributed by atoms with van der Waals surface area (Å²) in [6, 6.07) is 4.15. The predicted octanol–water partition coefficient (Wildman–Crippen LogP) is 2.48. The Kier molecular flexibility index (Phi) is 3.02. The molecule has 12 heavy (non-hydrogen) atoms. The smallest absolute Gasteiger partial charge is 0.123 e. The van der Waals surface area contributed by atoms with E-state index in [0.717, 1.165) is 0 Å². The van der Waals surface area contributed by atoms with Crippen LogP contribution in [-0.4, -0.2) is 13.3 Å². The summed E-state index contributed by atoms with van der Waals surface area (Å²) >= 11 is 0. The van der Waals surface area contributed by atoms with Crippen LogP contribution in [-0.2, 0) is 0 Å². The third-order valence-electron chi connectivity index (χ3n) is 1.47. The molecule has 0 bridgehead atoms. The summed E-state index contributed by atoms with van der Waals surface area (Å²) < 4.78 is 29.2. The van der Waals surface area contributed by atoms with Crippen molar-refractivity contribution in [2.45, 2.75) is 6.92 Å². The van der Waals surface area contributed by atoms with Gasteiger partial charge in [-0.15, -0.1) is 0 Å². The van der Waals surface area contributed by atoms with E-state index in [1.54, 1.807) is 6.92 Å². The summed E-state index contributed by atoms with van der Waals surface area (Å²) in [6.45, 7) is 1.21. The molecule has 0 saturated heterocycles. The van der Waals surface area contributed by atoms with Crippen LogP contribution in [0.2, 0.25) is 0 Å². The first-order chi connectivity index (χ1) is 5.74. The lowest BCUT2D eigenvalue weighted by Crippen LogP contribution is -2.00. The molecule has 1 rings (SSSR count). The number of hydrogen-bond donors (Lipinski definition) is 0. The highest BCUT2D eigenvalue weighted by Gasteiger charge is 1.99. The minimum Gasteiger partial charge on any atom is -0.491 e. The Hall–Kier alpha value is -1.12. The first-order valence-electron chi connectivity index (χ1n) is 3.69.